The van der Waals surface area contributed by atoms with E-state index in [0.717, 1.165) is 0 Å². The molecule has 15 atom stereocenters. The smallest absolute Gasteiger partial charge is 0.342 e. The van der Waals surface area contributed by atoms with Crippen LogP contribution >= 0.6 is 0 Å². The Morgan fingerprint density at radius 2 is 0.596 bits per heavy atom. The van der Waals surface area contributed by atoms with Crippen LogP contribution in [0.2, 0.25) is 0 Å². The van der Waals surface area contributed by atoms with Gasteiger partial charge in [-0.2, -0.15) is 0 Å². The van der Waals surface area contributed by atoms with Gasteiger partial charge in [0, 0.05) is 58.7 Å². The van der Waals surface area contributed by atoms with Crippen molar-refractivity contribution in [1.29, 1.82) is 0 Å². The standard InChI is InChI=1S/C88H66O58/c89-14-40-57(110)70(141-76(118)17-1-27(90)47(100)28(91)2-17)73(86(128)136-40)144-83(125)24-8-34(97)51(104)62(115)65(24)133-38-12-22-45(60(113)55(38)108)46-23-13-39(56(109)61(46)114)135-67-26(10-36(99)53(106)64(67)117)85(127)145-74-71(142-77(119)18-3-29(92)48(101)30(93)4-18)68-41(137-87(74)129)15-131-79(121)21-11-37(54(107)59(112)44(21)43-20(81(123)139-68)7-33(96)50(103)58(43)111)134-66-25(9-35(98)52(105)63(66)116)84(126)146-75-72(143-78(120)19-5-31(94)49(102)32(95)6-19)69(140-82(23)124)42(138-88(75)130)16-132-80(22)122/h1-13,40-42,57,68-75,86-117,128-130H,14-16H2. The molecule has 766 valence electrons. The number of fused-ring (bicyclic) bond motifs is 14. The number of ether oxygens (including phenoxy) is 16. The molecule has 6 aliphatic rings. The minimum absolute atomic E-state index is 0.0251. The number of hydrogen-bond acceptors (Lipinski definition) is 58. The number of phenolic OH excluding ortho intramolecular Hbond substituents is 27. The molecule has 6 aliphatic heterocycles. The highest BCUT2D eigenvalue weighted by molar-refractivity contribution is 6.11. The number of benzene rings is 10. The maximum absolute atomic E-state index is 16.2. The van der Waals surface area contributed by atoms with Gasteiger partial charge in [0.15, 0.2) is 200 Å². The van der Waals surface area contributed by atoms with E-state index in [4.69, 9.17) is 75.8 Å². The molecule has 0 spiro atoms. The molecule has 8 bridgehead atoms. The maximum Gasteiger partial charge on any atom is 0.342 e. The summed E-state index contributed by atoms with van der Waals surface area (Å²) in [5, 5.41) is 361. The molecule has 0 amide bonds. The molecule has 3 saturated heterocycles. The molecule has 0 aromatic heterocycles. The molecule has 15 unspecified atom stereocenters. The second-order valence-electron chi connectivity index (χ2n) is 31.8. The Hall–Kier alpha value is -19.4. The second kappa shape index (κ2) is 37.3. The Balaban J connectivity index is 0.902. The number of hydrogen-bond donors (Lipinski definition) is 32. The van der Waals surface area contributed by atoms with Gasteiger partial charge in [0.05, 0.1) is 45.6 Å². The van der Waals surface area contributed by atoms with E-state index in [1.54, 1.807) is 0 Å². The van der Waals surface area contributed by atoms with Gasteiger partial charge >= 0.3 is 59.7 Å². The number of carbonyl (C=O) groups excluding carboxylic acids is 10. The van der Waals surface area contributed by atoms with Crippen molar-refractivity contribution in [3.8, 4) is 212 Å². The van der Waals surface area contributed by atoms with Gasteiger partial charge in [-0.05, 0) is 42.5 Å². The lowest BCUT2D eigenvalue weighted by Gasteiger charge is -2.42. The van der Waals surface area contributed by atoms with Crippen LogP contribution in [0.3, 0.4) is 0 Å². The molecule has 10 aromatic carbocycles. The quantitative estimate of drug-likeness (QED) is 0.0493. The normalized spacial score (nSPS) is 22.2. The third-order valence-electron chi connectivity index (χ3n) is 22.9. The summed E-state index contributed by atoms with van der Waals surface area (Å²) < 4.78 is 89.8. The number of aromatic hydroxyl groups is 27. The monoisotopic (exact) mass is 2050 g/mol. The third-order valence-corrected chi connectivity index (χ3v) is 22.9. The zero-order chi connectivity index (χ0) is 106. The average Bonchev–Trinajstić information content (AvgIpc) is 1.07. The Morgan fingerprint density at radius 3 is 0.993 bits per heavy atom. The minimum Gasteiger partial charge on any atom is -0.504 e. The summed E-state index contributed by atoms with van der Waals surface area (Å²) in [6, 6.07) is 3.20. The predicted molar refractivity (Wildman–Crippen MR) is 448 cm³/mol. The molecule has 6 heterocycles. The van der Waals surface area contributed by atoms with Gasteiger partial charge in [-0.25, -0.2) is 47.9 Å². The van der Waals surface area contributed by atoms with Gasteiger partial charge in [-0.15, -0.1) is 0 Å². The van der Waals surface area contributed by atoms with Gasteiger partial charge < -0.3 is 239 Å². The lowest BCUT2D eigenvalue weighted by atomic mass is 9.91. The van der Waals surface area contributed by atoms with Gasteiger partial charge in [0.2, 0.25) is 57.5 Å². The van der Waals surface area contributed by atoms with Crippen LogP contribution in [-0.4, -0.2) is 335 Å². The fourth-order valence-electron chi connectivity index (χ4n) is 15.7. The SMILES string of the molecule is O=C(OC1C(O)C(CO)OC(O)C1OC(=O)c1cc(O)c(O)c(O)c1Oc1cc2c(c(O)c1O)-c1c3cc(c(O)c1O)Oc1c(cc(O)c(O)c1O)C(=O)OC1C(O)OC4COC(=O)c5cc(c(O)c(O)c5-c5c(cc(O)c(O)c5O)C(=O)OC4C1OC(=O)c1cc(O)c(O)c(O)c1)Oc1c(cc(O)c(O)c1O)C(=O)OC1C(O)OC(COC2=O)C(OC3=O)C1OC(=O)c1cc(O)c(O)c(O)c1)c1cc(O)c(O)c(O)c1. The number of esters is 10. The molecule has 0 saturated carbocycles. The molecule has 146 heavy (non-hydrogen) atoms. The van der Waals surface area contributed by atoms with Crippen LogP contribution in [0.25, 0.3) is 22.3 Å². The fraction of sp³-hybridized carbons (Fsp3) is 0.205. The summed E-state index contributed by atoms with van der Waals surface area (Å²) in [6.45, 7) is -4.57. The van der Waals surface area contributed by atoms with Gasteiger partial charge in [0.25, 0.3) is 0 Å². The molecule has 16 rings (SSSR count). The number of phenols is 27. The maximum atomic E-state index is 16.2. The van der Waals surface area contributed by atoms with Gasteiger partial charge in [0.1, 0.15) is 54.3 Å². The molecule has 10 aromatic rings. The number of cyclic esters (lactones) is 1. The molecule has 58 nitrogen and oxygen atoms in total. The molecule has 3 fully saturated rings. The van der Waals surface area contributed by atoms with Crippen LogP contribution in [0.1, 0.15) is 104 Å². The summed E-state index contributed by atoms with van der Waals surface area (Å²) in [5.74, 6) is -75.2. The molecule has 0 aliphatic carbocycles. The summed E-state index contributed by atoms with van der Waals surface area (Å²) in [5.41, 5.74) is -20.2. The van der Waals surface area contributed by atoms with Crippen LogP contribution in [0.15, 0.2) is 78.9 Å². The van der Waals surface area contributed by atoms with Crippen molar-refractivity contribution in [3.63, 3.8) is 0 Å². The molecular weight excluding hydrogens is 1980 g/mol. The second-order valence-corrected chi connectivity index (χ2v) is 31.8. The number of aliphatic hydroxyl groups excluding tert-OH is 5. The number of rotatable bonds is 11. The summed E-state index contributed by atoms with van der Waals surface area (Å²) in [7, 11) is 0. The Bertz CT molecular complexity index is 7190. The van der Waals surface area contributed by atoms with E-state index >= 15 is 28.8 Å². The Labute approximate surface area is 802 Å². The summed E-state index contributed by atoms with van der Waals surface area (Å²) >= 11 is 0. The van der Waals surface area contributed by atoms with E-state index in [1.165, 1.54) is 0 Å². The minimum atomic E-state index is -3.14. The molecule has 0 radical (unpaired) electrons. The number of carbonyl (C=O) groups is 10. The van der Waals surface area contributed by atoms with Gasteiger partial charge in [-0.3, -0.25) is 0 Å². The highest BCUT2D eigenvalue weighted by atomic mass is 16.7. The van der Waals surface area contributed by atoms with Crippen LogP contribution in [0.5, 0.6) is 190 Å². The third kappa shape index (κ3) is 17.2. The van der Waals surface area contributed by atoms with E-state index in [-0.39, 0.29) is 42.5 Å². The molecule has 32 N–H and O–H groups in total. The predicted octanol–water partition coefficient (Wildman–Crippen LogP) is 1.31. The first-order valence-corrected chi connectivity index (χ1v) is 40.8. The van der Waals surface area contributed by atoms with Crippen molar-refractivity contribution in [2.24, 2.45) is 0 Å². The molecule has 58 heteroatoms. The van der Waals surface area contributed by atoms with E-state index in [9.17, 15) is 183 Å². The Kier molecular flexibility index (Phi) is 25.4. The average molecular weight is 2050 g/mol. The lowest BCUT2D eigenvalue weighted by Crippen LogP contribution is -2.62. The lowest BCUT2D eigenvalue weighted by molar-refractivity contribution is -0.285. The van der Waals surface area contributed by atoms with E-state index in [2.05, 4.69) is 0 Å². The van der Waals surface area contributed by atoms with E-state index < -0.39 is 439 Å². The highest BCUT2D eigenvalue weighted by Gasteiger charge is 2.58. The fourth-order valence-corrected chi connectivity index (χ4v) is 15.7. The summed E-state index contributed by atoms with van der Waals surface area (Å²) in [6.07, 6.45) is -41.5. The first kappa shape index (κ1) is 99.6. The van der Waals surface area contributed by atoms with Crippen molar-refractivity contribution in [2.45, 2.75) is 92.1 Å². The summed E-state index contributed by atoms with van der Waals surface area (Å²) in [4.78, 5) is 151. The van der Waals surface area contributed by atoms with Crippen molar-refractivity contribution < 1.29 is 287 Å². The van der Waals surface area contributed by atoms with E-state index in [1.807, 2.05) is 0 Å². The van der Waals surface area contributed by atoms with Crippen molar-refractivity contribution in [2.75, 3.05) is 19.8 Å². The Morgan fingerprint density at radius 1 is 0.288 bits per heavy atom. The first-order chi connectivity index (χ1) is 68.8. The van der Waals surface area contributed by atoms with Gasteiger partial charge in [-0.1, -0.05) is 0 Å². The number of aliphatic hydroxyl groups is 5. The largest absolute Gasteiger partial charge is 0.504 e. The van der Waals surface area contributed by atoms with Crippen molar-refractivity contribution >= 4 is 59.7 Å². The van der Waals surface area contributed by atoms with Crippen molar-refractivity contribution in [3.05, 3.63) is 134 Å². The molecular formula is C88H66O58. The van der Waals surface area contributed by atoms with Crippen LogP contribution in [0.4, 0.5) is 0 Å². The van der Waals surface area contributed by atoms with Crippen LogP contribution in [0, 0.1) is 0 Å². The zero-order valence-corrected chi connectivity index (χ0v) is 71.7. The van der Waals surface area contributed by atoms with Crippen molar-refractivity contribution in [1.82, 2.24) is 0 Å². The topological polar surface area (TPSA) is 966 Å². The van der Waals surface area contributed by atoms with Crippen LogP contribution in [-0.2, 0) is 61.6 Å². The van der Waals surface area contributed by atoms with Crippen LogP contribution < -0.4 is 14.2 Å². The first-order valence-electron chi connectivity index (χ1n) is 40.8. The zero-order valence-electron chi connectivity index (χ0n) is 71.7. The highest BCUT2D eigenvalue weighted by Crippen LogP contribution is 2.61. The van der Waals surface area contributed by atoms with E-state index in [0.29, 0.717) is 36.4 Å².